The Kier molecular flexibility index (Phi) is 3.29. The predicted molar refractivity (Wildman–Crippen MR) is 54.4 cm³/mol. The van der Waals surface area contributed by atoms with Gasteiger partial charge in [-0.1, -0.05) is 0 Å². The van der Waals surface area contributed by atoms with Gasteiger partial charge in [0, 0.05) is 24.1 Å². The van der Waals surface area contributed by atoms with Gasteiger partial charge in [-0.2, -0.15) is 22.5 Å². The van der Waals surface area contributed by atoms with E-state index in [0.717, 1.165) is 37.5 Å². The van der Waals surface area contributed by atoms with Crippen LogP contribution in [-0.4, -0.2) is 28.5 Å². The second-order valence-corrected chi connectivity index (χ2v) is 4.36. The quantitative estimate of drug-likeness (QED) is 0.841. The zero-order chi connectivity index (χ0) is 11.6. The van der Waals surface area contributed by atoms with Crippen molar-refractivity contribution in [2.75, 3.05) is 18.4 Å². The number of halogens is 3. The molecule has 2 N–H and O–H groups in total. The van der Waals surface area contributed by atoms with Crippen molar-refractivity contribution in [1.82, 2.24) is 14.7 Å². The molecule has 0 radical (unpaired) electrons. The normalized spacial score (nSPS) is 22.1. The topological polar surface area (TPSA) is 49.8 Å². The van der Waals surface area contributed by atoms with Crippen LogP contribution in [-0.2, 0) is 6.18 Å². The summed E-state index contributed by atoms with van der Waals surface area (Å²) in [6.45, 7) is 1.71. The number of nitrogens with zero attached hydrogens (tertiary/aromatic N) is 2. The van der Waals surface area contributed by atoms with Gasteiger partial charge in [0.1, 0.15) is 0 Å². The summed E-state index contributed by atoms with van der Waals surface area (Å²) in [5, 5.41) is 6.36. The van der Waals surface area contributed by atoms with E-state index in [1.54, 1.807) is 0 Å². The summed E-state index contributed by atoms with van der Waals surface area (Å²) >= 11 is 0.750. The third-order valence-corrected chi connectivity index (χ3v) is 2.95. The van der Waals surface area contributed by atoms with Gasteiger partial charge >= 0.3 is 6.18 Å². The summed E-state index contributed by atoms with van der Waals surface area (Å²) in [6, 6.07) is 0.141. The molecule has 0 aliphatic carbocycles. The van der Waals surface area contributed by atoms with Gasteiger partial charge in [-0.05, 0) is 19.4 Å². The molecule has 16 heavy (non-hydrogen) atoms. The molecule has 0 aromatic carbocycles. The highest BCUT2D eigenvalue weighted by molar-refractivity contribution is 7.09. The fourth-order valence-electron chi connectivity index (χ4n) is 1.55. The molecule has 4 nitrogen and oxygen atoms in total. The largest absolute Gasteiger partial charge is 0.452 e. The van der Waals surface area contributed by atoms with Gasteiger partial charge in [0.15, 0.2) is 0 Å². The molecular formula is C8H11F3N4S. The Morgan fingerprint density at radius 1 is 1.44 bits per heavy atom. The lowest BCUT2D eigenvalue weighted by molar-refractivity contribution is -0.144. The van der Waals surface area contributed by atoms with Gasteiger partial charge in [-0.25, -0.2) is 0 Å². The molecule has 0 spiro atoms. The number of nitrogens with one attached hydrogen (secondary N) is 2. The average molecular weight is 252 g/mol. The molecule has 2 rings (SSSR count). The van der Waals surface area contributed by atoms with Crippen molar-refractivity contribution in [3.63, 3.8) is 0 Å². The van der Waals surface area contributed by atoms with E-state index in [0.29, 0.717) is 0 Å². The molecule has 1 aliphatic rings. The molecule has 1 aliphatic heterocycles. The first-order valence-electron chi connectivity index (χ1n) is 4.94. The minimum Gasteiger partial charge on any atom is -0.356 e. The summed E-state index contributed by atoms with van der Waals surface area (Å²) < 4.78 is 39.9. The lowest BCUT2D eigenvalue weighted by atomic mass is 10.1. The molecule has 0 bridgehead atoms. The maximum Gasteiger partial charge on any atom is 0.452 e. The maximum absolute atomic E-state index is 12.2. The van der Waals surface area contributed by atoms with Gasteiger partial charge in [-0.15, -0.1) is 0 Å². The Morgan fingerprint density at radius 3 is 2.81 bits per heavy atom. The second kappa shape index (κ2) is 4.54. The third kappa shape index (κ3) is 2.82. The van der Waals surface area contributed by atoms with E-state index in [1.807, 2.05) is 0 Å². The number of rotatable bonds is 2. The Morgan fingerprint density at radius 2 is 2.25 bits per heavy atom. The molecule has 1 atom stereocenters. The molecule has 1 saturated heterocycles. The fourth-order valence-corrected chi connectivity index (χ4v) is 2.21. The first-order valence-corrected chi connectivity index (χ1v) is 5.71. The number of piperidine rings is 1. The minimum absolute atomic E-state index is 0.141. The maximum atomic E-state index is 12.2. The van der Waals surface area contributed by atoms with E-state index < -0.39 is 12.0 Å². The SMILES string of the molecule is FC(F)(F)c1nsc(NC2CCCNC2)n1. The Hall–Kier alpha value is -0.890. The van der Waals surface area contributed by atoms with Crippen LogP contribution in [0.5, 0.6) is 0 Å². The first-order chi connectivity index (χ1) is 7.55. The summed E-state index contributed by atoms with van der Waals surface area (Å²) in [5.74, 6) is -1.07. The molecule has 90 valence electrons. The van der Waals surface area contributed by atoms with E-state index in [2.05, 4.69) is 20.0 Å². The standard InChI is InChI=1S/C8H11F3N4S/c9-8(10,11)6-14-7(16-15-6)13-5-2-1-3-12-4-5/h5,12H,1-4H2,(H,13,14,15). The van der Waals surface area contributed by atoms with Gasteiger partial charge in [0.05, 0.1) is 0 Å². The van der Waals surface area contributed by atoms with Gasteiger partial charge in [0.2, 0.25) is 11.0 Å². The lowest BCUT2D eigenvalue weighted by Gasteiger charge is -2.23. The highest BCUT2D eigenvalue weighted by Crippen LogP contribution is 2.29. The van der Waals surface area contributed by atoms with Crippen molar-refractivity contribution >= 4 is 16.7 Å². The van der Waals surface area contributed by atoms with E-state index in [1.165, 1.54) is 0 Å². The summed E-state index contributed by atoms with van der Waals surface area (Å²) in [5.41, 5.74) is 0. The summed E-state index contributed by atoms with van der Waals surface area (Å²) in [7, 11) is 0. The Labute approximate surface area is 94.4 Å². The van der Waals surface area contributed by atoms with Crippen LogP contribution in [0, 0.1) is 0 Å². The van der Waals surface area contributed by atoms with Crippen LogP contribution in [0.2, 0.25) is 0 Å². The Bertz CT molecular complexity index is 345. The van der Waals surface area contributed by atoms with E-state index in [4.69, 9.17) is 0 Å². The molecule has 1 aromatic heterocycles. The zero-order valence-corrected chi connectivity index (χ0v) is 9.16. The average Bonchev–Trinajstić information content (AvgIpc) is 2.67. The number of alkyl halides is 3. The molecule has 1 aromatic rings. The number of aromatic nitrogens is 2. The highest BCUT2D eigenvalue weighted by atomic mass is 32.1. The van der Waals surface area contributed by atoms with Crippen LogP contribution >= 0.6 is 11.5 Å². The van der Waals surface area contributed by atoms with E-state index in [-0.39, 0.29) is 11.2 Å². The van der Waals surface area contributed by atoms with Crippen molar-refractivity contribution in [3.05, 3.63) is 5.82 Å². The molecule has 0 amide bonds. The third-order valence-electron chi connectivity index (χ3n) is 2.30. The minimum atomic E-state index is -4.46. The van der Waals surface area contributed by atoms with Crippen molar-refractivity contribution in [3.8, 4) is 0 Å². The molecule has 1 fully saturated rings. The molecule has 8 heteroatoms. The van der Waals surface area contributed by atoms with E-state index in [9.17, 15) is 13.2 Å². The molecule has 2 heterocycles. The van der Waals surface area contributed by atoms with Crippen molar-refractivity contribution < 1.29 is 13.2 Å². The molecule has 0 saturated carbocycles. The smallest absolute Gasteiger partial charge is 0.356 e. The fraction of sp³-hybridized carbons (Fsp3) is 0.750. The monoisotopic (exact) mass is 252 g/mol. The van der Waals surface area contributed by atoms with Gasteiger partial charge in [0.25, 0.3) is 0 Å². The second-order valence-electron chi connectivity index (χ2n) is 3.61. The van der Waals surface area contributed by atoms with Gasteiger partial charge in [-0.3, -0.25) is 0 Å². The Balaban J connectivity index is 1.97. The van der Waals surface area contributed by atoms with Crippen molar-refractivity contribution in [1.29, 1.82) is 0 Å². The van der Waals surface area contributed by atoms with Gasteiger partial charge < -0.3 is 10.6 Å². The number of hydrogen-bond acceptors (Lipinski definition) is 5. The van der Waals surface area contributed by atoms with E-state index >= 15 is 0 Å². The van der Waals surface area contributed by atoms with Crippen LogP contribution in [0.4, 0.5) is 18.3 Å². The summed E-state index contributed by atoms with van der Waals surface area (Å²) in [4.78, 5) is 3.42. The first kappa shape index (κ1) is 11.6. The lowest BCUT2D eigenvalue weighted by Crippen LogP contribution is -2.38. The predicted octanol–water partition coefficient (Wildman–Crippen LogP) is 1.72. The van der Waals surface area contributed by atoms with Crippen LogP contribution in [0.25, 0.3) is 0 Å². The van der Waals surface area contributed by atoms with Crippen LogP contribution in [0.15, 0.2) is 0 Å². The number of anilines is 1. The zero-order valence-electron chi connectivity index (χ0n) is 8.34. The number of hydrogen-bond donors (Lipinski definition) is 2. The van der Waals surface area contributed by atoms with Crippen molar-refractivity contribution in [2.24, 2.45) is 0 Å². The summed E-state index contributed by atoms with van der Waals surface area (Å²) in [6.07, 6.45) is -2.50. The van der Waals surface area contributed by atoms with Crippen LogP contribution < -0.4 is 10.6 Å². The van der Waals surface area contributed by atoms with Crippen LogP contribution in [0.3, 0.4) is 0 Å². The van der Waals surface area contributed by atoms with Crippen molar-refractivity contribution in [2.45, 2.75) is 25.1 Å². The molecule has 1 unspecified atom stereocenters. The highest BCUT2D eigenvalue weighted by Gasteiger charge is 2.36. The van der Waals surface area contributed by atoms with Crippen LogP contribution in [0.1, 0.15) is 18.7 Å². The molecular weight excluding hydrogens is 241 g/mol.